The zero-order valence-electron chi connectivity index (χ0n) is 16.7. The van der Waals surface area contributed by atoms with E-state index in [2.05, 4.69) is 5.32 Å². The van der Waals surface area contributed by atoms with E-state index in [1.54, 1.807) is 13.8 Å². The van der Waals surface area contributed by atoms with Gasteiger partial charge in [0, 0.05) is 19.2 Å². The van der Waals surface area contributed by atoms with E-state index >= 15 is 0 Å². The lowest BCUT2D eigenvalue weighted by Crippen LogP contribution is -2.44. The first-order valence-electron chi connectivity index (χ1n) is 9.28. The van der Waals surface area contributed by atoms with Gasteiger partial charge >= 0.3 is 0 Å². The SMILES string of the molecule is CC(=O)Nc1ccc(S(=O)(=O)N2CC[C@H]3[C@H]2[C@@H](C(C)C)C(=O)N3S(C)(=O)=O)cc1. The molecule has 160 valence electrons. The van der Waals surface area contributed by atoms with Gasteiger partial charge in [-0.15, -0.1) is 0 Å². The van der Waals surface area contributed by atoms with Gasteiger partial charge in [-0.2, -0.15) is 4.31 Å². The summed E-state index contributed by atoms with van der Waals surface area (Å²) in [6.07, 6.45) is 1.23. The van der Waals surface area contributed by atoms with E-state index in [9.17, 15) is 26.4 Å². The van der Waals surface area contributed by atoms with E-state index < -0.39 is 44.0 Å². The van der Waals surface area contributed by atoms with E-state index in [-0.39, 0.29) is 29.7 Å². The van der Waals surface area contributed by atoms with Crippen molar-refractivity contribution in [3.8, 4) is 0 Å². The van der Waals surface area contributed by atoms with E-state index in [4.69, 9.17) is 0 Å². The van der Waals surface area contributed by atoms with Crippen LogP contribution in [0.3, 0.4) is 0 Å². The fourth-order valence-electron chi connectivity index (χ4n) is 4.32. The van der Waals surface area contributed by atoms with E-state index in [1.807, 2.05) is 0 Å². The van der Waals surface area contributed by atoms with Crippen molar-refractivity contribution < 1.29 is 26.4 Å². The minimum atomic E-state index is -3.95. The monoisotopic (exact) mass is 443 g/mol. The lowest BCUT2D eigenvalue weighted by Gasteiger charge is -2.28. The summed E-state index contributed by atoms with van der Waals surface area (Å²) in [5, 5.41) is 2.57. The maximum atomic E-state index is 13.3. The molecule has 0 aliphatic carbocycles. The highest BCUT2D eigenvalue weighted by Gasteiger charge is 2.59. The van der Waals surface area contributed by atoms with Crippen LogP contribution in [0.15, 0.2) is 29.2 Å². The normalized spacial score (nSPS) is 25.5. The van der Waals surface area contributed by atoms with E-state index in [0.29, 0.717) is 5.69 Å². The van der Waals surface area contributed by atoms with Crippen molar-refractivity contribution in [1.82, 2.24) is 8.61 Å². The number of carbonyl (C=O) groups is 2. The Balaban J connectivity index is 1.99. The second-order valence-corrected chi connectivity index (χ2v) is 11.6. The molecule has 1 aromatic rings. The number of anilines is 1. The zero-order valence-corrected chi connectivity index (χ0v) is 18.3. The number of amides is 2. The second kappa shape index (κ2) is 7.37. The molecule has 2 amide bonds. The predicted molar refractivity (Wildman–Crippen MR) is 107 cm³/mol. The number of sulfonamides is 2. The second-order valence-electron chi connectivity index (χ2n) is 7.83. The number of nitrogens with one attached hydrogen (secondary N) is 1. The Hall–Kier alpha value is -1.98. The highest BCUT2D eigenvalue weighted by Crippen LogP contribution is 2.43. The number of hydrogen-bond donors (Lipinski definition) is 1. The van der Waals surface area contributed by atoms with Gasteiger partial charge in [0.25, 0.3) is 0 Å². The molecule has 0 unspecified atom stereocenters. The summed E-state index contributed by atoms with van der Waals surface area (Å²) in [6.45, 7) is 5.06. The number of nitrogens with zero attached hydrogens (tertiary/aromatic N) is 2. The summed E-state index contributed by atoms with van der Waals surface area (Å²) in [4.78, 5) is 24.0. The van der Waals surface area contributed by atoms with Gasteiger partial charge in [-0.3, -0.25) is 9.59 Å². The molecule has 0 spiro atoms. The van der Waals surface area contributed by atoms with Gasteiger partial charge < -0.3 is 5.32 Å². The molecule has 0 bridgehead atoms. The maximum absolute atomic E-state index is 13.3. The van der Waals surface area contributed by atoms with Crippen LogP contribution in [0.2, 0.25) is 0 Å². The predicted octanol–water partition coefficient (Wildman–Crippen LogP) is 0.851. The Morgan fingerprint density at radius 1 is 1.14 bits per heavy atom. The van der Waals surface area contributed by atoms with E-state index in [1.165, 1.54) is 35.5 Å². The molecule has 2 aliphatic heterocycles. The molecule has 2 saturated heterocycles. The van der Waals surface area contributed by atoms with Crippen LogP contribution in [0.1, 0.15) is 27.2 Å². The molecule has 2 fully saturated rings. The summed E-state index contributed by atoms with van der Waals surface area (Å²) >= 11 is 0. The molecular formula is C18H25N3O6S2. The van der Waals surface area contributed by atoms with Gasteiger partial charge in [-0.25, -0.2) is 21.1 Å². The van der Waals surface area contributed by atoms with Gasteiger partial charge in [0.1, 0.15) is 0 Å². The Morgan fingerprint density at radius 2 is 1.72 bits per heavy atom. The van der Waals surface area contributed by atoms with Crippen molar-refractivity contribution in [2.24, 2.45) is 11.8 Å². The molecular weight excluding hydrogens is 418 g/mol. The van der Waals surface area contributed by atoms with Crippen LogP contribution in [0.25, 0.3) is 0 Å². The molecule has 0 radical (unpaired) electrons. The van der Waals surface area contributed by atoms with Crippen molar-refractivity contribution in [2.45, 2.75) is 44.2 Å². The highest BCUT2D eigenvalue weighted by atomic mass is 32.2. The first-order chi connectivity index (χ1) is 13.4. The third-order valence-electron chi connectivity index (χ3n) is 5.40. The lowest BCUT2D eigenvalue weighted by atomic mass is 9.89. The number of benzene rings is 1. The molecule has 9 nitrogen and oxygen atoms in total. The molecule has 2 aliphatic rings. The summed E-state index contributed by atoms with van der Waals surface area (Å²) in [7, 11) is -7.75. The van der Waals surface area contributed by atoms with Gasteiger partial charge in [-0.1, -0.05) is 13.8 Å². The van der Waals surface area contributed by atoms with E-state index in [0.717, 1.165) is 10.6 Å². The summed E-state index contributed by atoms with van der Waals surface area (Å²) in [5.74, 6) is -1.77. The van der Waals surface area contributed by atoms with Crippen LogP contribution < -0.4 is 5.32 Å². The number of fused-ring (bicyclic) bond motifs is 1. The summed E-state index contributed by atoms with van der Waals surface area (Å²) in [5.41, 5.74) is 0.468. The van der Waals surface area contributed by atoms with Gasteiger partial charge in [0.15, 0.2) is 0 Å². The fourth-order valence-corrected chi connectivity index (χ4v) is 7.18. The molecule has 0 aromatic heterocycles. The molecule has 0 saturated carbocycles. The van der Waals surface area contributed by atoms with Crippen LogP contribution in [0, 0.1) is 11.8 Å². The molecule has 2 heterocycles. The van der Waals surface area contributed by atoms with Crippen LogP contribution >= 0.6 is 0 Å². The van der Waals surface area contributed by atoms with Gasteiger partial charge in [0.2, 0.25) is 31.9 Å². The standard InChI is InChI=1S/C18H25N3O6S2/c1-11(2)16-17-15(21(18(16)23)28(4,24)25)9-10-20(17)29(26,27)14-7-5-13(6-8-14)19-12(3)22/h5-8,11,15-17H,9-10H2,1-4H3,(H,19,22)/t15-,16+,17-/m0/s1. The minimum absolute atomic E-state index is 0.0278. The van der Waals surface area contributed by atoms with Crippen LogP contribution in [-0.4, -0.2) is 62.1 Å². The minimum Gasteiger partial charge on any atom is -0.326 e. The largest absolute Gasteiger partial charge is 0.326 e. The molecule has 3 rings (SSSR count). The average molecular weight is 444 g/mol. The van der Waals surface area contributed by atoms with Gasteiger partial charge in [-0.05, 0) is 36.6 Å². The van der Waals surface area contributed by atoms with Gasteiger partial charge in [0.05, 0.1) is 29.2 Å². The summed E-state index contributed by atoms with van der Waals surface area (Å²) < 4.78 is 53.2. The molecule has 1 N–H and O–H groups in total. The van der Waals surface area contributed by atoms with Crippen LogP contribution in [0.5, 0.6) is 0 Å². The third-order valence-corrected chi connectivity index (χ3v) is 8.48. The fraction of sp³-hybridized carbons (Fsp3) is 0.556. The Bertz CT molecular complexity index is 1030. The molecule has 1 aromatic carbocycles. The zero-order chi connectivity index (χ0) is 21.7. The summed E-state index contributed by atoms with van der Waals surface area (Å²) in [6, 6.07) is 4.33. The average Bonchev–Trinajstić information content (AvgIpc) is 3.10. The van der Waals surface area contributed by atoms with Crippen LogP contribution in [-0.2, 0) is 29.6 Å². The Kier molecular flexibility index (Phi) is 5.52. The van der Waals surface area contributed by atoms with Crippen molar-refractivity contribution in [1.29, 1.82) is 0 Å². The topological polar surface area (TPSA) is 121 Å². The van der Waals surface area contributed by atoms with Crippen molar-refractivity contribution >= 4 is 37.5 Å². The quantitative estimate of drug-likeness (QED) is 0.720. The van der Waals surface area contributed by atoms with Crippen molar-refractivity contribution in [3.05, 3.63) is 24.3 Å². The smallest absolute Gasteiger partial charge is 0.243 e. The molecule has 29 heavy (non-hydrogen) atoms. The maximum Gasteiger partial charge on any atom is 0.243 e. The molecule has 3 atom stereocenters. The Labute approximate surface area is 171 Å². The highest BCUT2D eigenvalue weighted by molar-refractivity contribution is 7.89. The lowest BCUT2D eigenvalue weighted by molar-refractivity contribution is -0.129. The first kappa shape index (κ1) is 21.7. The number of carbonyl (C=O) groups excluding carboxylic acids is 2. The number of rotatable bonds is 5. The van der Waals surface area contributed by atoms with Crippen LogP contribution in [0.4, 0.5) is 5.69 Å². The Morgan fingerprint density at radius 3 is 2.21 bits per heavy atom. The van der Waals surface area contributed by atoms with Crippen molar-refractivity contribution in [3.63, 3.8) is 0 Å². The third kappa shape index (κ3) is 3.78. The first-order valence-corrected chi connectivity index (χ1v) is 12.6. The van der Waals surface area contributed by atoms with Crippen molar-refractivity contribution in [2.75, 3.05) is 18.1 Å². The number of hydrogen-bond acceptors (Lipinski definition) is 6. The molecule has 11 heteroatoms.